The number of carbonyl (C=O) groups is 1. The molecule has 0 saturated carbocycles. The maximum Gasteiger partial charge on any atom is 0.325 e. The van der Waals surface area contributed by atoms with Crippen molar-refractivity contribution in [3.63, 3.8) is 0 Å². The highest BCUT2D eigenvalue weighted by molar-refractivity contribution is 6.31. The maximum absolute atomic E-state index is 13.9. The van der Waals surface area contributed by atoms with E-state index in [0.717, 1.165) is 0 Å². The van der Waals surface area contributed by atoms with Crippen molar-refractivity contribution in [3.05, 3.63) is 59.9 Å². The van der Waals surface area contributed by atoms with E-state index in [2.05, 4.69) is 13.2 Å². The molecule has 0 saturated heterocycles. The molecule has 0 bridgehead atoms. The fourth-order valence-electron chi connectivity index (χ4n) is 1.85. The summed E-state index contributed by atoms with van der Waals surface area (Å²) in [6, 6.07) is 2.92. The molecule has 1 aromatic carbocycles. The summed E-state index contributed by atoms with van der Waals surface area (Å²) in [5.74, 6) is -1.81. The van der Waals surface area contributed by atoms with Gasteiger partial charge in [0.25, 0.3) is 0 Å². The second-order valence-corrected chi connectivity index (χ2v) is 4.31. The number of hydrogen-bond donors (Lipinski definition) is 1. The third-order valence-corrected chi connectivity index (χ3v) is 2.93. The van der Waals surface area contributed by atoms with Gasteiger partial charge in [0, 0.05) is 23.7 Å². The Morgan fingerprint density at radius 1 is 1.42 bits per heavy atom. The monoisotopic (exact) mass is 283 g/mol. The van der Waals surface area contributed by atoms with E-state index >= 15 is 0 Å². The van der Waals surface area contributed by atoms with Gasteiger partial charge in [-0.15, -0.1) is 13.2 Å². The fourth-order valence-corrected chi connectivity index (χ4v) is 2.12. The van der Waals surface area contributed by atoms with Gasteiger partial charge in [0.05, 0.1) is 0 Å². The standard InChI is InChI=1S/C14H15ClFNO2/c1-3-8-17(9-4-2)13(14(18)19)12-10(15)6-5-7-11(12)16/h3-7,13H,1-2,8-9H2,(H,18,19). The van der Waals surface area contributed by atoms with Crippen molar-refractivity contribution in [1.29, 1.82) is 0 Å². The first-order valence-electron chi connectivity index (χ1n) is 5.65. The van der Waals surface area contributed by atoms with Gasteiger partial charge in [0.2, 0.25) is 0 Å². The number of benzene rings is 1. The highest BCUT2D eigenvalue weighted by atomic mass is 35.5. The summed E-state index contributed by atoms with van der Waals surface area (Å²) in [7, 11) is 0. The molecule has 1 aromatic rings. The Balaban J connectivity index is 3.29. The van der Waals surface area contributed by atoms with Crippen molar-refractivity contribution in [2.24, 2.45) is 0 Å². The summed E-state index contributed by atoms with van der Waals surface area (Å²) in [5.41, 5.74) is -0.0413. The number of aliphatic carboxylic acids is 1. The van der Waals surface area contributed by atoms with Crippen molar-refractivity contribution in [1.82, 2.24) is 4.90 Å². The first-order valence-corrected chi connectivity index (χ1v) is 6.03. The summed E-state index contributed by atoms with van der Waals surface area (Å²) >= 11 is 5.93. The molecule has 0 spiro atoms. The Kier molecular flexibility index (Phi) is 5.73. The number of nitrogens with zero attached hydrogens (tertiary/aromatic N) is 1. The van der Waals surface area contributed by atoms with Crippen molar-refractivity contribution in [3.8, 4) is 0 Å². The summed E-state index contributed by atoms with van der Waals surface area (Å²) in [6.45, 7) is 7.71. The van der Waals surface area contributed by atoms with Crippen molar-refractivity contribution >= 4 is 17.6 Å². The average molecular weight is 284 g/mol. The van der Waals surface area contributed by atoms with Gasteiger partial charge in [0.15, 0.2) is 0 Å². The highest BCUT2D eigenvalue weighted by Crippen LogP contribution is 2.30. The van der Waals surface area contributed by atoms with E-state index in [1.54, 1.807) is 12.2 Å². The Morgan fingerprint density at radius 2 is 2.00 bits per heavy atom. The zero-order chi connectivity index (χ0) is 14.4. The molecule has 0 fully saturated rings. The van der Waals surface area contributed by atoms with Gasteiger partial charge in [-0.1, -0.05) is 29.8 Å². The molecule has 102 valence electrons. The molecule has 0 radical (unpaired) electrons. The molecule has 0 heterocycles. The predicted molar refractivity (Wildman–Crippen MR) is 73.8 cm³/mol. The zero-order valence-electron chi connectivity index (χ0n) is 10.4. The summed E-state index contributed by atoms with van der Waals surface area (Å²) in [5, 5.41) is 9.45. The second kappa shape index (κ2) is 7.07. The van der Waals surface area contributed by atoms with Gasteiger partial charge in [-0.05, 0) is 12.1 Å². The Bertz CT molecular complexity index is 460. The lowest BCUT2D eigenvalue weighted by molar-refractivity contribution is -0.143. The molecule has 0 amide bonds. The predicted octanol–water partition coefficient (Wildman–Crippen LogP) is 3.28. The number of carboxylic acid groups (broad SMARTS) is 1. The van der Waals surface area contributed by atoms with Crippen molar-refractivity contribution < 1.29 is 14.3 Å². The number of rotatable bonds is 7. The molecular weight excluding hydrogens is 269 g/mol. The molecule has 0 aliphatic heterocycles. The van der Waals surface area contributed by atoms with Crippen LogP contribution in [0.25, 0.3) is 0 Å². The van der Waals surface area contributed by atoms with E-state index in [9.17, 15) is 14.3 Å². The molecule has 1 N–H and O–H groups in total. The minimum absolute atomic E-state index is 0.0413. The molecule has 0 aliphatic rings. The second-order valence-electron chi connectivity index (χ2n) is 3.91. The van der Waals surface area contributed by atoms with E-state index in [1.165, 1.54) is 23.1 Å². The van der Waals surface area contributed by atoms with Crippen LogP contribution in [0, 0.1) is 5.82 Å². The van der Waals surface area contributed by atoms with E-state index in [4.69, 9.17) is 11.6 Å². The SMILES string of the molecule is C=CCN(CC=C)C(C(=O)O)c1c(F)cccc1Cl. The lowest BCUT2D eigenvalue weighted by atomic mass is 10.0. The smallest absolute Gasteiger partial charge is 0.325 e. The lowest BCUT2D eigenvalue weighted by Crippen LogP contribution is -2.35. The van der Waals surface area contributed by atoms with E-state index < -0.39 is 17.8 Å². The third kappa shape index (κ3) is 3.66. The molecule has 0 aromatic heterocycles. The third-order valence-electron chi connectivity index (χ3n) is 2.60. The minimum atomic E-state index is -1.18. The van der Waals surface area contributed by atoms with Crippen LogP contribution >= 0.6 is 11.6 Å². The van der Waals surface area contributed by atoms with Crippen LogP contribution in [-0.2, 0) is 4.79 Å². The minimum Gasteiger partial charge on any atom is -0.480 e. The lowest BCUT2D eigenvalue weighted by Gasteiger charge is -2.27. The largest absolute Gasteiger partial charge is 0.480 e. The number of halogens is 2. The Labute approximate surface area is 116 Å². The van der Waals surface area contributed by atoms with Crippen LogP contribution in [0.5, 0.6) is 0 Å². The molecule has 19 heavy (non-hydrogen) atoms. The van der Waals surface area contributed by atoms with Crippen LogP contribution in [0.1, 0.15) is 11.6 Å². The van der Waals surface area contributed by atoms with Crippen LogP contribution in [-0.4, -0.2) is 29.1 Å². The normalized spacial score (nSPS) is 12.2. The molecule has 1 rings (SSSR count). The van der Waals surface area contributed by atoms with Crippen molar-refractivity contribution in [2.45, 2.75) is 6.04 Å². The fraction of sp³-hybridized carbons (Fsp3) is 0.214. The van der Waals surface area contributed by atoms with Crippen LogP contribution in [0.2, 0.25) is 5.02 Å². The van der Waals surface area contributed by atoms with Gasteiger partial charge in [-0.25, -0.2) is 4.39 Å². The van der Waals surface area contributed by atoms with Crippen LogP contribution < -0.4 is 0 Å². The molecule has 3 nitrogen and oxygen atoms in total. The average Bonchev–Trinajstić information content (AvgIpc) is 2.33. The molecule has 1 unspecified atom stereocenters. The van der Waals surface area contributed by atoms with Crippen LogP contribution in [0.4, 0.5) is 4.39 Å². The quantitative estimate of drug-likeness (QED) is 0.781. The van der Waals surface area contributed by atoms with Gasteiger partial charge in [0.1, 0.15) is 11.9 Å². The first-order chi connectivity index (χ1) is 9.02. The van der Waals surface area contributed by atoms with E-state index in [0.29, 0.717) is 0 Å². The molecule has 0 aliphatic carbocycles. The van der Waals surface area contributed by atoms with Gasteiger partial charge in [-0.2, -0.15) is 0 Å². The summed E-state index contributed by atoms with van der Waals surface area (Å²) in [6.07, 6.45) is 3.10. The number of hydrogen-bond acceptors (Lipinski definition) is 2. The Hall–Kier alpha value is -1.65. The molecular formula is C14H15ClFNO2. The van der Waals surface area contributed by atoms with Crippen molar-refractivity contribution in [2.75, 3.05) is 13.1 Å². The topological polar surface area (TPSA) is 40.5 Å². The molecule has 5 heteroatoms. The van der Waals surface area contributed by atoms with Crippen LogP contribution in [0.15, 0.2) is 43.5 Å². The van der Waals surface area contributed by atoms with Crippen LogP contribution in [0.3, 0.4) is 0 Å². The zero-order valence-corrected chi connectivity index (χ0v) is 11.1. The van der Waals surface area contributed by atoms with Gasteiger partial charge < -0.3 is 5.11 Å². The Morgan fingerprint density at radius 3 is 2.42 bits per heavy atom. The maximum atomic E-state index is 13.9. The summed E-state index contributed by atoms with van der Waals surface area (Å²) in [4.78, 5) is 13.0. The molecule has 1 atom stereocenters. The van der Waals surface area contributed by atoms with Gasteiger partial charge in [-0.3, -0.25) is 9.69 Å². The van der Waals surface area contributed by atoms with E-state index in [-0.39, 0.29) is 23.7 Å². The highest BCUT2D eigenvalue weighted by Gasteiger charge is 2.30. The van der Waals surface area contributed by atoms with Gasteiger partial charge >= 0.3 is 5.97 Å². The first kappa shape index (κ1) is 15.4. The number of carboxylic acids is 1. The summed E-state index contributed by atoms with van der Waals surface area (Å²) < 4.78 is 13.9. The van der Waals surface area contributed by atoms with E-state index in [1.807, 2.05) is 0 Å².